The normalized spacial score (nSPS) is 18.8. The highest BCUT2D eigenvalue weighted by Crippen LogP contribution is 2.29. The molecule has 1 amide bonds. The molecule has 1 aliphatic rings. The number of halogens is 1. The summed E-state index contributed by atoms with van der Waals surface area (Å²) in [6.45, 7) is 3.11. The smallest absolute Gasteiger partial charge is 0.410 e. The van der Waals surface area contributed by atoms with Gasteiger partial charge in [0.2, 0.25) is 0 Å². The summed E-state index contributed by atoms with van der Waals surface area (Å²) in [5, 5.41) is 0. The van der Waals surface area contributed by atoms with Gasteiger partial charge in [-0.25, -0.2) is 9.18 Å². The molecule has 3 nitrogen and oxygen atoms in total. The molecule has 3 rings (SSSR count). The van der Waals surface area contributed by atoms with Crippen molar-refractivity contribution in [1.29, 1.82) is 0 Å². The Morgan fingerprint density at radius 3 is 2.57 bits per heavy atom. The van der Waals surface area contributed by atoms with E-state index in [2.05, 4.69) is 6.92 Å². The Morgan fingerprint density at radius 2 is 1.87 bits per heavy atom. The first-order valence-corrected chi connectivity index (χ1v) is 7.89. The van der Waals surface area contributed by atoms with Gasteiger partial charge in [-0.3, -0.25) is 4.90 Å². The fourth-order valence-electron chi connectivity index (χ4n) is 2.94. The Kier molecular flexibility index (Phi) is 4.60. The molecule has 23 heavy (non-hydrogen) atoms. The number of nitrogens with zero attached hydrogens (tertiary/aromatic N) is 1. The summed E-state index contributed by atoms with van der Waals surface area (Å²) >= 11 is 0. The van der Waals surface area contributed by atoms with Gasteiger partial charge in [0.25, 0.3) is 0 Å². The average Bonchev–Trinajstić information content (AvgIpc) is 2.95. The number of ether oxygens (including phenoxy) is 1. The SMILES string of the molecule is C[C@@H](CCN1C(=O)OC[C@H]1c1ccccc1)c1ccc(F)cc1. The van der Waals surface area contributed by atoms with Crippen molar-refractivity contribution in [2.45, 2.75) is 25.3 Å². The molecule has 0 saturated carbocycles. The number of amides is 1. The van der Waals surface area contributed by atoms with Crippen LogP contribution in [0.3, 0.4) is 0 Å². The van der Waals surface area contributed by atoms with Crippen molar-refractivity contribution in [3.8, 4) is 0 Å². The van der Waals surface area contributed by atoms with E-state index in [0.29, 0.717) is 13.2 Å². The minimum atomic E-state index is -0.259. The molecule has 1 fully saturated rings. The summed E-state index contributed by atoms with van der Waals surface area (Å²) in [7, 11) is 0. The maximum Gasteiger partial charge on any atom is 0.410 e. The van der Waals surface area contributed by atoms with Crippen LogP contribution in [0.5, 0.6) is 0 Å². The lowest BCUT2D eigenvalue weighted by atomic mass is 9.97. The molecule has 0 spiro atoms. The minimum Gasteiger partial charge on any atom is -0.447 e. The molecule has 0 aromatic heterocycles. The highest BCUT2D eigenvalue weighted by molar-refractivity contribution is 5.70. The van der Waals surface area contributed by atoms with Gasteiger partial charge in [-0.1, -0.05) is 49.4 Å². The number of benzene rings is 2. The molecular weight excluding hydrogens is 293 g/mol. The van der Waals surface area contributed by atoms with E-state index < -0.39 is 0 Å². The summed E-state index contributed by atoms with van der Waals surface area (Å²) in [6, 6.07) is 16.5. The molecule has 0 bridgehead atoms. The lowest BCUT2D eigenvalue weighted by molar-refractivity contribution is 0.157. The Morgan fingerprint density at radius 1 is 1.17 bits per heavy atom. The van der Waals surface area contributed by atoms with Crippen LogP contribution < -0.4 is 0 Å². The zero-order chi connectivity index (χ0) is 16.2. The Hall–Kier alpha value is -2.36. The second kappa shape index (κ2) is 6.82. The average molecular weight is 313 g/mol. The second-order valence-corrected chi connectivity index (χ2v) is 5.94. The molecule has 1 aliphatic heterocycles. The highest BCUT2D eigenvalue weighted by atomic mass is 19.1. The van der Waals surface area contributed by atoms with Gasteiger partial charge in [0.1, 0.15) is 12.4 Å². The fourth-order valence-corrected chi connectivity index (χ4v) is 2.94. The van der Waals surface area contributed by atoms with E-state index in [1.807, 2.05) is 30.3 Å². The largest absolute Gasteiger partial charge is 0.447 e. The molecule has 4 heteroatoms. The summed E-state index contributed by atoms with van der Waals surface area (Å²) in [5.74, 6) is 0.0219. The van der Waals surface area contributed by atoms with Gasteiger partial charge >= 0.3 is 6.09 Å². The van der Waals surface area contributed by atoms with E-state index >= 15 is 0 Å². The standard InChI is InChI=1S/C19H20FNO2/c1-14(15-7-9-17(20)10-8-15)11-12-21-18(13-23-19(21)22)16-5-3-2-4-6-16/h2-10,14,18H,11-13H2,1H3/t14-,18-/m0/s1. The van der Waals surface area contributed by atoms with E-state index in [1.54, 1.807) is 17.0 Å². The number of carbonyl (C=O) groups excluding carboxylic acids is 1. The van der Waals surface area contributed by atoms with Crippen molar-refractivity contribution in [2.75, 3.05) is 13.2 Å². The zero-order valence-electron chi connectivity index (χ0n) is 13.1. The minimum absolute atomic E-state index is 0.0240. The highest BCUT2D eigenvalue weighted by Gasteiger charge is 2.33. The first-order valence-electron chi connectivity index (χ1n) is 7.89. The number of hydrogen-bond acceptors (Lipinski definition) is 2. The van der Waals surface area contributed by atoms with Crippen molar-refractivity contribution in [3.05, 3.63) is 71.5 Å². The van der Waals surface area contributed by atoms with Crippen molar-refractivity contribution in [1.82, 2.24) is 4.90 Å². The third-order valence-corrected chi connectivity index (χ3v) is 4.40. The fraction of sp³-hybridized carbons (Fsp3) is 0.316. The lowest BCUT2D eigenvalue weighted by Crippen LogP contribution is -2.29. The topological polar surface area (TPSA) is 29.5 Å². The first-order chi connectivity index (χ1) is 11.1. The van der Waals surface area contributed by atoms with Crippen LogP contribution in [0.25, 0.3) is 0 Å². The van der Waals surface area contributed by atoms with Crippen molar-refractivity contribution in [2.24, 2.45) is 0 Å². The summed E-state index contributed by atoms with van der Waals surface area (Å²) in [4.78, 5) is 13.8. The first kappa shape index (κ1) is 15.5. The van der Waals surface area contributed by atoms with Gasteiger partial charge in [-0.05, 0) is 35.6 Å². The Labute approximate surface area is 135 Å². The Balaban J connectivity index is 1.65. The van der Waals surface area contributed by atoms with Gasteiger partial charge in [-0.15, -0.1) is 0 Å². The third-order valence-electron chi connectivity index (χ3n) is 4.40. The molecule has 0 N–H and O–H groups in total. The van der Waals surface area contributed by atoms with E-state index in [1.165, 1.54) is 12.1 Å². The molecule has 0 radical (unpaired) electrons. The maximum absolute atomic E-state index is 13.0. The van der Waals surface area contributed by atoms with Gasteiger partial charge in [-0.2, -0.15) is 0 Å². The van der Waals surface area contributed by atoms with E-state index in [4.69, 9.17) is 4.74 Å². The monoisotopic (exact) mass is 313 g/mol. The summed E-state index contributed by atoms with van der Waals surface area (Å²) < 4.78 is 18.2. The van der Waals surface area contributed by atoms with Crippen molar-refractivity contribution < 1.29 is 13.9 Å². The van der Waals surface area contributed by atoms with Crippen molar-refractivity contribution in [3.63, 3.8) is 0 Å². The van der Waals surface area contributed by atoms with Crippen LogP contribution in [0.1, 0.15) is 36.4 Å². The quantitative estimate of drug-likeness (QED) is 0.812. The van der Waals surface area contributed by atoms with Crippen molar-refractivity contribution >= 4 is 6.09 Å². The van der Waals surface area contributed by atoms with Crippen LogP contribution >= 0.6 is 0 Å². The van der Waals surface area contributed by atoms with Crippen LogP contribution in [-0.2, 0) is 4.74 Å². The van der Waals surface area contributed by atoms with E-state index in [-0.39, 0.29) is 23.9 Å². The van der Waals surface area contributed by atoms with E-state index in [0.717, 1.165) is 17.5 Å². The molecule has 2 aromatic rings. The van der Waals surface area contributed by atoms with Crippen LogP contribution in [0.4, 0.5) is 9.18 Å². The van der Waals surface area contributed by atoms with Gasteiger partial charge in [0.05, 0.1) is 6.04 Å². The summed E-state index contributed by atoms with van der Waals surface area (Å²) in [6.07, 6.45) is 0.550. The van der Waals surface area contributed by atoms with E-state index in [9.17, 15) is 9.18 Å². The molecule has 1 saturated heterocycles. The predicted molar refractivity (Wildman–Crippen MR) is 86.7 cm³/mol. The van der Waals surface area contributed by atoms with Crippen LogP contribution in [0, 0.1) is 5.82 Å². The number of cyclic esters (lactones) is 1. The molecule has 1 heterocycles. The number of rotatable bonds is 5. The number of carbonyl (C=O) groups is 1. The van der Waals surface area contributed by atoms with Crippen LogP contribution in [-0.4, -0.2) is 24.1 Å². The number of hydrogen-bond donors (Lipinski definition) is 0. The van der Waals surface area contributed by atoms with Crippen LogP contribution in [0.15, 0.2) is 54.6 Å². The molecule has 120 valence electrons. The molecule has 0 aliphatic carbocycles. The third kappa shape index (κ3) is 3.52. The van der Waals surface area contributed by atoms with Gasteiger partial charge in [0, 0.05) is 6.54 Å². The molecule has 2 aromatic carbocycles. The van der Waals surface area contributed by atoms with Crippen LogP contribution in [0.2, 0.25) is 0 Å². The van der Waals surface area contributed by atoms with Gasteiger partial charge < -0.3 is 4.74 Å². The molecule has 0 unspecified atom stereocenters. The molecular formula is C19H20FNO2. The molecule has 2 atom stereocenters. The van der Waals surface area contributed by atoms with Gasteiger partial charge in [0.15, 0.2) is 0 Å². The summed E-state index contributed by atoms with van der Waals surface area (Å²) in [5.41, 5.74) is 2.17. The Bertz CT molecular complexity index is 657. The predicted octanol–water partition coefficient (Wildman–Crippen LogP) is 4.51. The zero-order valence-corrected chi connectivity index (χ0v) is 13.1. The second-order valence-electron chi connectivity index (χ2n) is 5.94. The maximum atomic E-state index is 13.0. The lowest BCUT2D eigenvalue weighted by Gasteiger charge is -2.23.